The standard InChI is InChI=1S/C17H16FNO4S/c1-8-10(7-15(24-8)17(21)22)16(20)19-13-6-11(13)9-3-4-12(18)14(5-9)23-2/h3-5,7,11,13H,6H2,1-2H3,(H,19,20)(H,21,22)/t11-,13+/m0/s1. The van der Waals surface area contributed by atoms with Crippen molar-refractivity contribution in [2.24, 2.45) is 0 Å². The summed E-state index contributed by atoms with van der Waals surface area (Å²) in [6, 6.07) is 6.04. The zero-order valence-corrected chi connectivity index (χ0v) is 13.9. The van der Waals surface area contributed by atoms with Crippen molar-refractivity contribution in [1.82, 2.24) is 5.32 Å². The molecule has 2 aromatic rings. The monoisotopic (exact) mass is 349 g/mol. The summed E-state index contributed by atoms with van der Waals surface area (Å²) in [4.78, 5) is 24.1. The zero-order chi connectivity index (χ0) is 17.4. The van der Waals surface area contributed by atoms with E-state index in [-0.39, 0.29) is 28.5 Å². The summed E-state index contributed by atoms with van der Waals surface area (Å²) in [6.07, 6.45) is 0.759. The fraction of sp³-hybridized carbons (Fsp3) is 0.294. The third-order valence-corrected chi connectivity index (χ3v) is 5.12. The van der Waals surface area contributed by atoms with Crippen molar-refractivity contribution in [3.05, 3.63) is 51.0 Å². The number of ether oxygens (including phenoxy) is 1. The minimum absolute atomic E-state index is 0.0414. The minimum atomic E-state index is -1.04. The number of thiophene rings is 1. The van der Waals surface area contributed by atoms with Crippen molar-refractivity contribution < 1.29 is 23.8 Å². The highest BCUT2D eigenvalue weighted by molar-refractivity contribution is 7.14. The van der Waals surface area contributed by atoms with Gasteiger partial charge in [-0.1, -0.05) is 6.07 Å². The summed E-state index contributed by atoms with van der Waals surface area (Å²) in [5, 5.41) is 11.9. The summed E-state index contributed by atoms with van der Waals surface area (Å²) >= 11 is 1.08. The molecule has 0 radical (unpaired) electrons. The van der Waals surface area contributed by atoms with Crippen molar-refractivity contribution in [1.29, 1.82) is 0 Å². The van der Waals surface area contributed by atoms with E-state index in [0.29, 0.717) is 10.4 Å². The lowest BCUT2D eigenvalue weighted by molar-refractivity contribution is 0.0702. The number of rotatable bonds is 5. The van der Waals surface area contributed by atoms with Crippen LogP contribution in [-0.4, -0.2) is 30.1 Å². The van der Waals surface area contributed by atoms with Gasteiger partial charge in [-0.05, 0) is 37.1 Å². The van der Waals surface area contributed by atoms with Crippen LogP contribution in [0.3, 0.4) is 0 Å². The van der Waals surface area contributed by atoms with Crippen molar-refractivity contribution in [3.8, 4) is 5.75 Å². The fourth-order valence-corrected chi connectivity index (χ4v) is 3.54. The first-order chi connectivity index (χ1) is 11.4. The number of hydrogen-bond acceptors (Lipinski definition) is 4. The molecule has 1 saturated carbocycles. The molecule has 5 nitrogen and oxygen atoms in total. The van der Waals surface area contributed by atoms with Gasteiger partial charge in [0.05, 0.1) is 12.7 Å². The SMILES string of the molecule is COc1cc([C@@H]2C[C@H]2NC(=O)c2cc(C(=O)O)sc2C)ccc1F. The molecule has 24 heavy (non-hydrogen) atoms. The van der Waals surface area contributed by atoms with Crippen LogP contribution in [0.1, 0.15) is 42.8 Å². The normalized spacial score (nSPS) is 19.0. The van der Waals surface area contributed by atoms with Gasteiger partial charge in [-0.15, -0.1) is 11.3 Å². The number of aryl methyl sites for hydroxylation is 1. The molecule has 0 saturated heterocycles. The highest BCUT2D eigenvalue weighted by Gasteiger charge is 2.40. The van der Waals surface area contributed by atoms with E-state index < -0.39 is 11.8 Å². The van der Waals surface area contributed by atoms with E-state index in [0.717, 1.165) is 23.3 Å². The molecule has 0 aliphatic heterocycles. The van der Waals surface area contributed by atoms with E-state index in [1.807, 2.05) is 0 Å². The quantitative estimate of drug-likeness (QED) is 0.869. The molecular weight excluding hydrogens is 333 g/mol. The van der Waals surface area contributed by atoms with Crippen LogP contribution in [-0.2, 0) is 0 Å². The van der Waals surface area contributed by atoms with Gasteiger partial charge in [0.1, 0.15) is 4.88 Å². The lowest BCUT2D eigenvalue weighted by Crippen LogP contribution is -2.26. The topological polar surface area (TPSA) is 75.6 Å². The van der Waals surface area contributed by atoms with E-state index >= 15 is 0 Å². The summed E-state index contributed by atoms with van der Waals surface area (Å²) < 4.78 is 18.4. The molecule has 0 bridgehead atoms. The van der Waals surface area contributed by atoms with E-state index in [2.05, 4.69) is 5.32 Å². The Balaban J connectivity index is 1.68. The second-order valence-electron chi connectivity index (χ2n) is 5.70. The maximum atomic E-state index is 13.5. The summed E-state index contributed by atoms with van der Waals surface area (Å²) in [5.41, 5.74) is 1.30. The lowest BCUT2D eigenvalue weighted by Gasteiger charge is -2.07. The Morgan fingerprint density at radius 2 is 2.12 bits per heavy atom. The molecule has 1 amide bonds. The molecule has 2 atom stereocenters. The van der Waals surface area contributed by atoms with Crippen LogP contribution in [0.4, 0.5) is 4.39 Å². The number of carboxylic acid groups (broad SMARTS) is 1. The number of carbonyl (C=O) groups is 2. The van der Waals surface area contributed by atoms with Gasteiger partial charge in [0.25, 0.3) is 5.91 Å². The second kappa shape index (κ2) is 6.24. The van der Waals surface area contributed by atoms with Gasteiger partial charge >= 0.3 is 5.97 Å². The zero-order valence-electron chi connectivity index (χ0n) is 13.1. The number of carbonyl (C=O) groups excluding carboxylic acids is 1. The average molecular weight is 349 g/mol. The maximum absolute atomic E-state index is 13.5. The Hall–Kier alpha value is -2.41. The van der Waals surface area contributed by atoms with Crippen LogP contribution in [0, 0.1) is 12.7 Å². The number of halogens is 1. The largest absolute Gasteiger partial charge is 0.494 e. The summed E-state index contributed by atoms with van der Waals surface area (Å²) in [5.74, 6) is -1.44. The number of aromatic carboxylic acids is 1. The lowest BCUT2D eigenvalue weighted by atomic mass is 10.1. The van der Waals surface area contributed by atoms with Gasteiger partial charge in [0.2, 0.25) is 0 Å². The van der Waals surface area contributed by atoms with Crippen LogP contribution in [0.5, 0.6) is 5.75 Å². The van der Waals surface area contributed by atoms with Crippen LogP contribution in [0.25, 0.3) is 0 Å². The molecular formula is C17H16FNO4S. The first-order valence-corrected chi connectivity index (χ1v) is 8.20. The molecule has 0 spiro atoms. The maximum Gasteiger partial charge on any atom is 0.345 e. The molecule has 1 fully saturated rings. The summed E-state index contributed by atoms with van der Waals surface area (Å²) in [6.45, 7) is 1.72. The van der Waals surface area contributed by atoms with Crippen molar-refractivity contribution in [3.63, 3.8) is 0 Å². The number of carboxylic acids is 1. The smallest absolute Gasteiger partial charge is 0.345 e. The van der Waals surface area contributed by atoms with Gasteiger partial charge in [-0.3, -0.25) is 4.79 Å². The van der Waals surface area contributed by atoms with Crippen molar-refractivity contribution in [2.75, 3.05) is 7.11 Å². The number of benzene rings is 1. The Morgan fingerprint density at radius 1 is 1.38 bits per heavy atom. The summed E-state index contributed by atoms with van der Waals surface area (Å²) in [7, 11) is 1.41. The molecule has 1 heterocycles. The molecule has 126 valence electrons. The molecule has 1 aromatic heterocycles. The number of methoxy groups -OCH3 is 1. The third kappa shape index (κ3) is 3.12. The molecule has 1 aliphatic rings. The molecule has 2 N–H and O–H groups in total. The number of amides is 1. The highest BCUT2D eigenvalue weighted by Crippen LogP contribution is 2.42. The fourth-order valence-electron chi connectivity index (χ4n) is 2.69. The predicted octanol–water partition coefficient (Wildman–Crippen LogP) is 3.19. The first kappa shape index (κ1) is 16.4. The second-order valence-corrected chi connectivity index (χ2v) is 6.96. The van der Waals surface area contributed by atoms with Crippen LogP contribution in [0.2, 0.25) is 0 Å². The Morgan fingerprint density at radius 3 is 2.75 bits per heavy atom. The Labute approximate surface area is 142 Å². The van der Waals surface area contributed by atoms with E-state index in [9.17, 15) is 14.0 Å². The van der Waals surface area contributed by atoms with Gasteiger partial charge in [-0.25, -0.2) is 9.18 Å². The first-order valence-electron chi connectivity index (χ1n) is 7.38. The Kier molecular flexibility index (Phi) is 4.28. The Bertz CT molecular complexity index is 817. The molecule has 0 unspecified atom stereocenters. The molecule has 7 heteroatoms. The predicted molar refractivity (Wildman–Crippen MR) is 87.6 cm³/mol. The van der Waals surface area contributed by atoms with Gasteiger partial charge in [-0.2, -0.15) is 0 Å². The average Bonchev–Trinajstić information content (AvgIpc) is 3.18. The minimum Gasteiger partial charge on any atom is -0.494 e. The number of nitrogens with one attached hydrogen (secondary N) is 1. The van der Waals surface area contributed by atoms with E-state index in [1.165, 1.54) is 19.2 Å². The number of hydrogen-bond donors (Lipinski definition) is 2. The van der Waals surface area contributed by atoms with Crippen LogP contribution < -0.4 is 10.1 Å². The highest BCUT2D eigenvalue weighted by atomic mass is 32.1. The molecule has 1 aliphatic carbocycles. The molecule has 1 aromatic carbocycles. The van der Waals surface area contributed by atoms with Crippen molar-refractivity contribution in [2.45, 2.75) is 25.3 Å². The van der Waals surface area contributed by atoms with Gasteiger partial charge in [0, 0.05) is 16.8 Å². The van der Waals surface area contributed by atoms with E-state index in [4.69, 9.17) is 9.84 Å². The van der Waals surface area contributed by atoms with Crippen LogP contribution in [0.15, 0.2) is 24.3 Å². The van der Waals surface area contributed by atoms with Gasteiger partial charge in [0.15, 0.2) is 11.6 Å². The third-order valence-electron chi connectivity index (χ3n) is 4.08. The van der Waals surface area contributed by atoms with Crippen LogP contribution >= 0.6 is 11.3 Å². The van der Waals surface area contributed by atoms with E-state index in [1.54, 1.807) is 19.1 Å². The van der Waals surface area contributed by atoms with Crippen molar-refractivity contribution >= 4 is 23.2 Å². The van der Waals surface area contributed by atoms with Gasteiger partial charge < -0.3 is 15.2 Å². The molecule has 3 rings (SSSR count).